The van der Waals surface area contributed by atoms with Crippen LogP contribution in [0.4, 0.5) is 14.9 Å². The molecule has 0 radical (unpaired) electrons. The summed E-state index contributed by atoms with van der Waals surface area (Å²) < 4.78 is 13.1. The molecule has 0 heterocycles. The van der Waals surface area contributed by atoms with E-state index >= 15 is 0 Å². The topological polar surface area (TPSA) is 32.3 Å². The molecule has 0 unspecified atom stereocenters. The molecule has 1 aliphatic rings. The molecule has 3 nitrogen and oxygen atoms in total. The van der Waals surface area contributed by atoms with Gasteiger partial charge in [0.05, 0.1) is 0 Å². The Hall–Kier alpha value is -1.58. The monoisotopic (exact) mass is 236 g/mol. The summed E-state index contributed by atoms with van der Waals surface area (Å²) in [6, 6.07) is 6.27. The van der Waals surface area contributed by atoms with Crippen LogP contribution in [0.15, 0.2) is 24.3 Å². The third kappa shape index (κ3) is 2.75. The van der Waals surface area contributed by atoms with E-state index < -0.39 is 0 Å². The molecule has 4 heteroatoms. The van der Waals surface area contributed by atoms with Gasteiger partial charge in [-0.2, -0.15) is 0 Å². The first kappa shape index (κ1) is 11.9. The molecule has 1 aromatic carbocycles. The van der Waals surface area contributed by atoms with Gasteiger partial charge in [0.1, 0.15) is 5.82 Å². The summed E-state index contributed by atoms with van der Waals surface area (Å²) in [6.07, 6.45) is 3.27. The number of carbonyl (C=O) groups is 1. The molecule has 1 saturated carbocycles. The maximum absolute atomic E-state index is 13.1. The fraction of sp³-hybridized carbons (Fsp3) is 0.462. The van der Waals surface area contributed by atoms with E-state index in [1.54, 1.807) is 17.0 Å². The number of hydrogen-bond donors (Lipinski definition) is 1. The Balaban J connectivity index is 2.06. The molecule has 0 saturated heterocycles. The molecule has 0 atom stereocenters. The van der Waals surface area contributed by atoms with Crippen molar-refractivity contribution in [3.05, 3.63) is 30.1 Å². The molecule has 1 N–H and O–H groups in total. The van der Waals surface area contributed by atoms with E-state index in [1.165, 1.54) is 18.6 Å². The highest BCUT2D eigenvalue weighted by molar-refractivity contribution is 5.92. The molecular weight excluding hydrogens is 219 g/mol. The number of urea groups is 1. The van der Waals surface area contributed by atoms with Crippen molar-refractivity contribution in [2.75, 3.05) is 11.4 Å². The summed E-state index contributed by atoms with van der Waals surface area (Å²) >= 11 is 0. The van der Waals surface area contributed by atoms with Gasteiger partial charge >= 0.3 is 6.03 Å². The Morgan fingerprint density at radius 3 is 2.82 bits per heavy atom. The average molecular weight is 236 g/mol. The summed E-state index contributed by atoms with van der Waals surface area (Å²) in [4.78, 5) is 13.5. The highest BCUT2D eigenvalue weighted by Crippen LogP contribution is 2.20. The van der Waals surface area contributed by atoms with Gasteiger partial charge in [0.25, 0.3) is 0 Å². The van der Waals surface area contributed by atoms with Crippen LogP contribution in [0.1, 0.15) is 26.2 Å². The predicted octanol–water partition coefficient (Wildman–Crippen LogP) is 2.91. The van der Waals surface area contributed by atoms with E-state index in [4.69, 9.17) is 0 Å². The van der Waals surface area contributed by atoms with Crippen molar-refractivity contribution in [1.82, 2.24) is 5.32 Å². The lowest BCUT2D eigenvalue weighted by Gasteiger charge is -2.30. The fourth-order valence-corrected chi connectivity index (χ4v) is 1.89. The third-order valence-corrected chi connectivity index (χ3v) is 3.11. The molecule has 0 aromatic heterocycles. The second-order valence-electron chi connectivity index (χ2n) is 4.30. The minimum atomic E-state index is -0.322. The lowest BCUT2D eigenvalue weighted by Crippen LogP contribution is -2.47. The molecule has 0 aliphatic heterocycles. The van der Waals surface area contributed by atoms with Crippen LogP contribution in [0, 0.1) is 5.82 Å². The number of nitrogens with one attached hydrogen (secondary N) is 1. The Bertz CT molecular complexity index is 404. The van der Waals surface area contributed by atoms with Crippen LogP contribution in [0.25, 0.3) is 0 Å². The zero-order valence-electron chi connectivity index (χ0n) is 9.95. The zero-order chi connectivity index (χ0) is 12.3. The first-order chi connectivity index (χ1) is 8.20. The van der Waals surface area contributed by atoms with Crippen LogP contribution >= 0.6 is 0 Å². The number of amides is 2. The van der Waals surface area contributed by atoms with Gasteiger partial charge in [-0.15, -0.1) is 0 Å². The summed E-state index contributed by atoms with van der Waals surface area (Å²) in [7, 11) is 0. The van der Waals surface area contributed by atoms with Gasteiger partial charge in [-0.05, 0) is 44.4 Å². The minimum Gasteiger partial charge on any atom is -0.335 e. The molecule has 2 rings (SSSR count). The highest BCUT2D eigenvalue weighted by atomic mass is 19.1. The van der Waals surface area contributed by atoms with E-state index in [0.717, 1.165) is 12.8 Å². The van der Waals surface area contributed by atoms with E-state index in [2.05, 4.69) is 5.32 Å². The Labute approximate surface area is 101 Å². The van der Waals surface area contributed by atoms with E-state index in [9.17, 15) is 9.18 Å². The summed E-state index contributed by atoms with van der Waals surface area (Å²) in [5, 5.41) is 2.95. The number of benzene rings is 1. The Morgan fingerprint density at radius 2 is 2.29 bits per heavy atom. The van der Waals surface area contributed by atoms with Crippen LogP contribution < -0.4 is 10.2 Å². The van der Waals surface area contributed by atoms with Crippen LogP contribution in [0.5, 0.6) is 0 Å². The van der Waals surface area contributed by atoms with E-state index in [0.29, 0.717) is 18.3 Å². The van der Waals surface area contributed by atoms with E-state index in [-0.39, 0.29) is 11.8 Å². The minimum absolute atomic E-state index is 0.136. The molecule has 92 valence electrons. The van der Waals surface area contributed by atoms with Gasteiger partial charge in [-0.1, -0.05) is 6.07 Å². The Morgan fingerprint density at radius 1 is 1.53 bits per heavy atom. The molecule has 0 spiro atoms. The summed E-state index contributed by atoms with van der Waals surface area (Å²) in [5.41, 5.74) is 0.601. The molecule has 1 aromatic rings. The highest BCUT2D eigenvalue weighted by Gasteiger charge is 2.22. The number of carbonyl (C=O) groups excluding carboxylic acids is 1. The summed E-state index contributed by atoms with van der Waals surface area (Å²) in [6.45, 7) is 2.41. The smallest absolute Gasteiger partial charge is 0.322 e. The summed E-state index contributed by atoms with van der Waals surface area (Å²) in [5.74, 6) is -0.322. The number of halogens is 1. The third-order valence-electron chi connectivity index (χ3n) is 3.11. The molecule has 0 bridgehead atoms. The van der Waals surface area contributed by atoms with Crippen LogP contribution in [0.3, 0.4) is 0 Å². The van der Waals surface area contributed by atoms with Gasteiger partial charge in [-0.25, -0.2) is 9.18 Å². The molecule has 1 aliphatic carbocycles. The lowest BCUT2D eigenvalue weighted by molar-refractivity contribution is 0.234. The van der Waals surface area contributed by atoms with Crippen molar-refractivity contribution in [2.24, 2.45) is 0 Å². The Kier molecular flexibility index (Phi) is 3.61. The fourth-order valence-electron chi connectivity index (χ4n) is 1.89. The van der Waals surface area contributed by atoms with Crippen LogP contribution in [0.2, 0.25) is 0 Å². The van der Waals surface area contributed by atoms with Crippen molar-refractivity contribution in [3.8, 4) is 0 Å². The van der Waals surface area contributed by atoms with Gasteiger partial charge < -0.3 is 5.32 Å². The first-order valence-corrected chi connectivity index (χ1v) is 6.04. The predicted molar refractivity (Wildman–Crippen MR) is 65.6 cm³/mol. The zero-order valence-corrected chi connectivity index (χ0v) is 9.95. The molecule has 17 heavy (non-hydrogen) atoms. The second kappa shape index (κ2) is 5.17. The van der Waals surface area contributed by atoms with Crippen molar-refractivity contribution in [3.63, 3.8) is 0 Å². The first-order valence-electron chi connectivity index (χ1n) is 6.04. The van der Waals surface area contributed by atoms with Gasteiger partial charge in [0.15, 0.2) is 0 Å². The normalized spacial score (nSPS) is 15.2. The average Bonchev–Trinajstić information content (AvgIpc) is 2.25. The maximum atomic E-state index is 13.1. The van der Waals surface area contributed by atoms with Gasteiger partial charge in [0.2, 0.25) is 0 Å². The van der Waals surface area contributed by atoms with Gasteiger partial charge in [0, 0.05) is 18.3 Å². The quantitative estimate of drug-likeness (QED) is 0.859. The van der Waals surface area contributed by atoms with Crippen LogP contribution in [-0.2, 0) is 0 Å². The number of rotatable bonds is 3. The number of nitrogens with zero attached hydrogens (tertiary/aromatic N) is 1. The molecule has 2 amide bonds. The molecule has 1 fully saturated rings. The van der Waals surface area contributed by atoms with Crippen molar-refractivity contribution in [2.45, 2.75) is 32.2 Å². The number of anilines is 1. The SMILES string of the molecule is CCN(C(=O)NC1CCC1)c1cccc(F)c1. The molecular formula is C13H17FN2O. The number of hydrogen-bond acceptors (Lipinski definition) is 1. The standard InChI is InChI=1S/C13H17FN2O/c1-2-16(12-8-3-5-10(14)9-12)13(17)15-11-6-4-7-11/h3,5,8-9,11H,2,4,6-7H2,1H3,(H,15,17). The van der Waals surface area contributed by atoms with Crippen LogP contribution in [-0.4, -0.2) is 18.6 Å². The van der Waals surface area contributed by atoms with E-state index in [1.807, 2.05) is 6.92 Å². The van der Waals surface area contributed by atoms with Crippen molar-refractivity contribution < 1.29 is 9.18 Å². The van der Waals surface area contributed by atoms with Crippen molar-refractivity contribution >= 4 is 11.7 Å². The maximum Gasteiger partial charge on any atom is 0.322 e. The van der Waals surface area contributed by atoms with Crippen molar-refractivity contribution in [1.29, 1.82) is 0 Å². The lowest BCUT2D eigenvalue weighted by atomic mass is 9.93. The van der Waals surface area contributed by atoms with Gasteiger partial charge in [-0.3, -0.25) is 4.90 Å². The largest absolute Gasteiger partial charge is 0.335 e. The second-order valence-corrected chi connectivity index (χ2v) is 4.30.